The van der Waals surface area contributed by atoms with Crippen LogP contribution in [0.3, 0.4) is 0 Å². The molecule has 0 unspecified atom stereocenters. The fourth-order valence-corrected chi connectivity index (χ4v) is 2.45. The van der Waals surface area contributed by atoms with Gasteiger partial charge in [-0.1, -0.05) is 12.1 Å². The number of fused-ring (bicyclic) bond motifs is 1. The van der Waals surface area contributed by atoms with Crippen LogP contribution in [0.1, 0.15) is 27.0 Å². The third-order valence-electron chi connectivity index (χ3n) is 3.85. The van der Waals surface area contributed by atoms with Crippen molar-refractivity contribution in [2.45, 2.75) is 20.3 Å². The molecule has 1 aliphatic heterocycles. The molecule has 1 aliphatic rings. The van der Waals surface area contributed by atoms with E-state index in [9.17, 15) is 9.59 Å². The smallest absolute Gasteiger partial charge is 0.255 e. The summed E-state index contributed by atoms with van der Waals surface area (Å²) < 4.78 is 0. The van der Waals surface area contributed by atoms with Crippen molar-refractivity contribution in [1.82, 2.24) is 0 Å². The van der Waals surface area contributed by atoms with E-state index < -0.39 is 0 Å². The highest BCUT2D eigenvalue weighted by atomic mass is 16.2. The minimum Gasteiger partial charge on any atom is -0.326 e. The predicted octanol–water partition coefficient (Wildman–Crippen LogP) is 3.05. The molecule has 21 heavy (non-hydrogen) atoms. The Labute approximate surface area is 123 Å². The topological polar surface area (TPSA) is 58.2 Å². The van der Waals surface area contributed by atoms with Crippen molar-refractivity contribution in [2.75, 3.05) is 10.6 Å². The zero-order chi connectivity index (χ0) is 15.0. The van der Waals surface area contributed by atoms with E-state index >= 15 is 0 Å². The number of carbonyl (C=O) groups is 2. The summed E-state index contributed by atoms with van der Waals surface area (Å²) in [6.45, 7) is 3.99. The SMILES string of the molecule is Cc1cccc(NC(=O)c2ccc3c(c2)CC(=O)N3)c1C. The van der Waals surface area contributed by atoms with Crippen molar-refractivity contribution in [2.24, 2.45) is 0 Å². The van der Waals surface area contributed by atoms with Crippen LogP contribution in [-0.2, 0) is 11.2 Å². The molecule has 0 saturated heterocycles. The van der Waals surface area contributed by atoms with Gasteiger partial charge in [0.25, 0.3) is 5.91 Å². The molecule has 4 heteroatoms. The molecule has 2 N–H and O–H groups in total. The van der Waals surface area contributed by atoms with Gasteiger partial charge in [0.2, 0.25) is 5.91 Å². The molecule has 0 aromatic heterocycles. The van der Waals surface area contributed by atoms with E-state index in [1.807, 2.05) is 32.0 Å². The van der Waals surface area contributed by atoms with Gasteiger partial charge in [0.1, 0.15) is 0 Å². The summed E-state index contributed by atoms with van der Waals surface area (Å²) in [5.74, 6) is -0.192. The molecule has 0 spiro atoms. The predicted molar refractivity (Wildman–Crippen MR) is 82.6 cm³/mol. The lowest BCUT2D eigenvalue weighted by atomic mass is 10.1. The van der Waals surface area contributed by atoms with Crippen molar-refractivity contribution >= 4 is 23.2 Å². The zero-order valence-corrected chi connectivity index (χ0v) is 12.0. The Kier molecular flexibility index (Phi) is 3.22. The summed E-state index contributed by atoms with van der Waals surface area (Å²) in [7, 11) is 0. The number of hydrogen-bond donors (Lipinski definition) is 2. The molecule has 0 bridgehead atoms. The zero-order valence-electron chi connectivity index (χ0n) is 12.0. The maximum absolute atomic E-state index is 12.3. The number of anilines is 2. The Balaban J connectivity index is 1.85. The number of aryl methyl sites for hydroxylation is 1. The van der Waals surface area contributed by atoms with E-state index in [-0.39, 0.29) is 11.8 Å². The van der Waals surface area contributed by atoms with Crippen LogP contribution in [0.5, 0.6) is 0 Å². The van der Waals surface area contributed by atoms with Crippen molar-refractivity contribution < 1.29 is 9.59 Å². The average Bonchev–Trinajstić information content (AvgIpc) is 2.82. The summed E-state index contributed by atoms with van der Waals surface area (Å²) in [5.41, 5.74) is 5.23. The second-order valence-corrected chi connectivity index (χ2v) is 5.30. The lowest BCUT2D eigenvalue weighted by Crippen LogP contribution is -2.13. The average molecular weight is 280 g/mol. The van der Waals surface area contributed by atoms with Gasteiger partial charge in [-0.25, -0.2) is 0 Å². The molecule has 0 aliphatic carbocycles. The van der Waals surface area contributed by atoms with E-state index in [1.165, 1.54) is 0 Å². The van der Waals surface area contributed by atoms with Crippen LogP contribution in [0.25, 0.3) is 0 Å². The molecule has 3 rings (SSSR count). The molecule has 2 aromatic rings. The Morgan fingerprint density at radius 3 is 2.81 bits per heavy atom. The maximum atomic E-state index is 12.3. The molecular weight excluding hydrogens is 264 g/mol. The van der Waals surface area contributed by atoms with Gasteiger partial charge in [-0.2, -0.15) is 0 Å². The van der Waals surface area contributed by atoms with Crippen LogP contribution >= 0.6 is 0 Å². The first-order valence-electron chi connectivity index (χ1n) is 6.85. The molecule has 0 fully saturated rings. The third-order valence-corrected chi connectivity index (χ3v) is 3.85. The van der Waals surface area contributed by atoms with Gasteiger partial charge < -0.3 is 10.6 Å². The molecule has 4 nitrogen and oxygen atoms in total. The Bertz CT molecular complexity index is 750. The fraction of sp³-hybridized carbons (Fsp3) is 0.176. The minimum absolute atomic E-state index is 0.0305. The standard InChI is InChI=1S/C17H16N2O2/c1-10-4-3-5-14(11(10)2)19-17(21)12-6-7-15-13(8-12)9-16(20)18-15/h3-8H,9H2,1-2H3,(H,18,20)(H,19,21). The molecule has 2 amide bonds. The van der Waals surface area contributed by atoms with Gasteiger partial charge in [-0.3, -0.25) is 9.59 Å². The number of benzene rings is 2. The number of nitrogens with one attached hydrogen (secondary N) is 2. The van der Waals surface area contributed by atoms with E-state index in [2.05, 4.69) is 10.6 Å². The molecule has 0 radical (unpaired) electrons. The summed E-state index contributed by atoms with van der Waals surface area (Å²) >= 11 is 0. The Morgan fingerprint density at radius 2 is 2.00 bits per heavy atom. The van der Waals surface area contributed by atoms with Crippen molar-refractivity contribution in [3.63, 3.8) is 0 Å². The highest BCUT2D eigenvalue weighted by Crippen LogP contribution is 2.25. The number of rotatable bonds is 2. The first kappa shape index (κ1) is 13.4. The molecule has 106 valence electrons. The van der Waals surface area contributed by atoms with Gasteiger partial charge in [-0.05, 0) is 54.8 Å². The van der Waals surface area contributed by atoms with Crippen molar-refractivity contribution in [1.29, 1.82) is 0 Å². The van der Waals surface area contributed by atoms with Crippen LogP contribution in [0.15, 0.2) is 36.4 Å². The molecule has 0 atom stereocenters. The number of carbonyl (C=O) groups excluding carboxylic acids is 2. The lowest BCUT2D eigenvalue weighted by molar-refractivity contribution is -0.115. The summed E-state index contributed by atoms with van der Waals surface area (Å²) in [4.78, 5) is 23.7. The Hall–Kier alpha value is -2.62. The molecular formula is C17H16N2O2. The molecule has 2 aromatic carbocycles. The second-order valence-electron chi connectivity index (χ2n) is 5.30. The minimum atomic E-state index is -0.161. The quantitative estimate of drug-likeness (QED) is 0.888. The molecule has 1 heterocycles. The normalized spacial score (nSPS) is 12.8. The summed E-state index contributed by atoms with van der Waals surface area (Å²) in [5, 5.41) is 5.68. The first-order chi connectivity index (χ1) is 10.0. The van der Waals surface area contributed by atoms with Gasteiger partial charge in [0.05, 0.1) is 6.42 Å². The van der Waals surface area contributed by atoms with E-state index in [4.69, 9.17) is 0 Å². The van der Waals surface area contributed by atoms with Crippen LogP contribution in [0, 0.1) is 13.8 Å². The van der Waals surface area contributed by atoms with Crippen LogP contribution in [-0.4, -0.2) is 11.8 Å². The fourth-order valence-electron chi connectivity index (χ4n) is 2.45. The third kappa shape index (κ3) is 2.52. The van der Waals surface area contributed by atoms with Crippen LogP contribution in [0.4, 0.5) is 11.4 Å². The van der Waals surface area contributed by atoms with Gasteiger partial charge in [0.15, 0.2) is 0 Å². The highest BCUT2D eigenvalue weighted by Gasteiger charge is 2.19. The van der Waals surface area contributed by atoms with Gasteiger partial charge in [-0.15, -0.1) is 0 Å². The maximum Gasteiger partial charge on any atom is 0.255 e. The van der Waals surface area contributed by atoms with Crippen molar-refractivity contribution in [3.8, 4) is 0 Å². The monoisotopic (exact) mass is 280 g/mol. The number of amides is 2. The first-order valence-corrected chi connectivity index (χ1v) is 6.85. The lowest BCUT2D eigenvalue weighted by Gasteiger charge is -2.11. The summed E-state index contributed by atoms with van der Waals surface area (Å²) in [6, 6.07) is 11.1. The molecule has 0 saturated carbocycles. The van der Waals surface area contributed by atoms with Gasteiger partial charge in [0, 0.05) is 16.9 Å². The van der Waals surface area contributed by atoms with Gasteiger partial charge >= 0.3 is 0 Å². The number of hydrogen-bond acceptors (Lipinski definition) is 2. The second kappa shape index (κ2) is 5.05. The summed E-state index contributed by atoms with van der Waals surface area (Å²) in [6.07, 6.45) is 0.333. The van der Waals surface area contributed by atoms with E-state index in [1.54, 1.807) is 18.2 Å². The van der Waals surface area contributed by atoms with E-state index in [0.717, 1.165) is 28.1 Å². The van der Waals surface area contributed by atoms with Crippen LogP contribution in [0.2, 0.25) is 0 Å². The largest absolute Gasteiger partial charge is 0.326 e. The van der Waals surface area contributed by atoms with E-state index in [0.29, 0.717) is 12.0 Å². The van der Waals surface area contributed by atoms with Crippen LogP contribution < -0.4 is 10.6 Å². The Morgan fingerprint density at radius 1 is 1.19 bits per heavy atom. The highest BCUT2D eigenvalue weighted by molar-refractivity contribution is 6.06. The van der Waals surface area contributed by atoms with Crippen molar-refractivity contribution in [3.05, 3.63) is 58.7 Å².